The van der Waals surface area contributed by atoms with E-state index in [4.69, 9.17) is 18.9 Å². The third-order valence-corrected chi connectivity index (χ3v) is 8.27. The van der Waals surface area contributed by atoms with E-state index >= 15 is 0 Å². The number of aliphatic hydroxyl groups excluding tert-OH is 6. The predicted molar refractivity (Wildman–Crippen MR) is 167 cm³/mol. The smallest absolute Gasteiger partial charge is 0.229 e. The molecule has 0 bridgehead atoms. The van der Waals surface area contributed by atoms with Gasteiger partial charge in [-0.15, -0.1) is 0 Å². The Kier molecular flexibility index (Phi) is 12.4. The second kappa shape index (κ2) is 16.1. The molecular weight excluding hydrogens is 616 g/mol. The Hall–Kier alpha value is -3.50. The summed E-state index contributed by atoms with van der Waals surface area (Å²) in [5.41, 5.74) is 2.59. The maximum absolute atomic E-state index is 12.4. The maximum atomic E-state index is 12.4. The van der Waals surface area contributed by atoms with Gasteiger partial charge in [0.15, 0.2) is 17.9 Å². The van der Waals surface area contributed by atoms with Crippen molar-refractivity contribution >= 4 is 23.7 Å². The molecule has 0 unspecified atom stereocenters. The van der Waals surface area contributed by atoms with Crippen molar-refractivity contribution in [3.05, 3.63) is 70.8 Å². The van der Waals surface area contributed by atoms with Crippen LogP contribution in [0.4, 0.5) is 0 Å². The molecule has 2 aliphatic heterocycles. The zero-order chi connectivity index (χ0) is 34.4. The highest BCUT2D eigenvalue weighted by Crippen LogP contribution is 2.33. The highest BCUT2D eigenvalue weighted by atomic mass is 16.7. The average molecular weight is 659 g/mol. The zero-order valence-electron chi connectivity index (χ0n) is 26.2. The molecule has 47 heavy (non-hydrogen) atoms. The van der Waals surface area contributed by atoms with Crippen molar-refractivity contribution in [3.8, 4) is 11.5 Å². The van der Waals surface area contributed by atoms with E-state index in [9.17, 15) is 45.3 Å². The summed E-state index contributed by atoms with van der Waals surface area (Å²) in [7, 11) is 0. The molecule has 2 fully saturated rings. The highest BCUT2D eigenvalue weighted by molar-refractivity contribution is 6.10. The van der Waals surface area contributed by atoms with Crippen molar-refractivity contribution < 1.29 is 64.3 Å². The van der Waals surface area contributed by atoms with E-state index in [-0.39, 0.29) is 23.7 Å². The van der Waals surface area contributed by atoms with Gasteiger partial charge in [0.05, 0.1) is 25.7 Å². The lowest BCUT2D eigenvalue weighted by Crippen LogP contribution is -2.64. The number of phenols is 1. The summed E-state index contributed by atoms with van der Waals surface area (Å²) < 4.78 is 22.7. The topological polar surface area (TPSA) is 213 Å². The number of allylic oxidation sites excluding steroid dienone is 2. The Morgan fingerprint density at radius 3 is 1.89 bits per heavy atom. The van der Waals surface area contributed by atoms with Crippen molar-refractivity contribution in [2.24, 2.45) is 5.92 Å². The van der Waals surface area contributed by atoms with E-state index in [1.807, 2.05) is 0 Å². The second-order valence-corrected chi connectivity index (χ2v) is 11.8. The van der Waals surface area contributed by atoms with Crippen molar-refractivity contribution in [1.29, 1.82) is 0 Å². The number of carbonyl (C=O) groups excluding carboxylic acids is 2. The maximum Gasteiger partial charge on any atom is 0.229 e. The fourth-order valence-corrected chi connectivity index (χ4v) is 5.34. The summed E-state index contributed by atoms with van der Waals surface area (Å²) in [4.78, 5) is 24.6. The van der Waals surface area contributed by atoms with Crippen LogP contribution >= 0.6 is 0 Å². The molecule has 13 heteroatoms. The summed E-state index contributed by atoms with van der Waals surface area (Å²) in [6.45, 7) is 3.78. The molecule has 7 N–H and O–H groups in total. The van der Waals surface area contributed by atoms with Gasteiger partial charge in [-0.2, -0.15) is 0 Å². The van der Waals surface area contributed by atoms with Gasteiger partial charge in [-0.1, -0.05) is 31.2 Å². The summed E-state index contributed by atoms with van der Waals surface area (Å²) in [6.07, 6.45) is -6.94. The molecular formula is C34H42O13. The van der Waals surface area contributed by atoms with Gasteiger partial charge in [-0.25, -0.2) is 0 Å². The van der Waals surface area contributed by atoms with Crippen LogP contribution in [-0.4, -0.2) is 116 Å². The number of aliphatic hydroxyl groups is 6. The molecule has 2 aromatic carbocycles. The number of rotatable bonds is 12. The summed E-state index contributed by atoms with van der Waals surface area (Å²) in [5.74, 6) is -1.11. The fraction of sp³-hybridized carbons (Fsp3) is 0.471. The van der Waals surface area contributed by atoms with Crippen molar-refractivity contribution in [3.63, 3.8) is 0 Å². The van der Waals surface area contributed by atoms with Gasteiger partial charge in [0, 0.05) is 5.92 Å². The minimum absolute atomic E-state index is 0.152. The molecule has 2 aliphatic rings. The lowest BCUT2D eigenvalue weighted by atomic mass is 9.90. The van der Waals surface area contributed by atoms with E-state index < -0.39 is 80.2 Å². The second-order valence-electron chi connectivity index (χ2n) is 11.8. The van der Waals surface area contributed by atoms with Gasteiger partial charge in [-0.3, -0.25) is 9.59 Å². The Labute approximate surface area is 271 Å². The molecule has 0 aromatic heterocycles. The van der Waals surface area contributed by atoms with Crippen LogP contribution < -0.4 is 4.74 Å². The van der Waals surface area contributed by atoms with E-state index in [0.717, 1.165) is 5.56 Å². The summed E-state index contributed by atoms with van der Waals surface area (Å²) in [6, 6.07) is 9.81. The Morgan fingerprint density at radius 2 is 1.32 bits per heavy atom. The van der Waals surface area contributed by atoms with Gasteiger partial charge in [0.1, 0.15) is 48.1 Å². The number of phenolic OH excluding ortho intramolecular Hbond substituents is 1. The first kappa shape index (κ1) is 36.3. The molecule has 0 aliphatic carbocycles. The molecule has 0 saturated carbocycles. The molecule has 0 radical (unpaired) electrons. The SMILES string of the molecule is Cc1cc(/C=C/C(=O)CC(=O)/C=C/c2ccc(O[C@@H]3O[C@H](CO)[C@@H](O)[C@H](O[C@@H]4O[C@H](CO)[C@@H](O)[C@H](C)[C@H]4O)[C@H]3O)c(C)c2)ccc1O. The molecule has 2 heterocycles. The Morgan fingerprint density at radius 1 is 0.766 bits per heavy atom. The Balaban J connectivity index is 1.38. The molecule has 2 aromatic rings. The largest absolute Gasteiger partial charge is 0.508 e. The highest BCUT2D eigenvalue weighted by Gasteiger charge is 2.50. The Bertz CT molecular complexity index is 1450. The number of aromatic hydroxyl groups is 1. The summed E-state index contributed by atoms with van der Waals surface area (Å²) >= 11 is 0. The summed E-state index contributed by atoms with van der Waals surface area (Å²) in [5, 5.41) is 71.6. The van der Waals surface area contributed by atoms with E-state index in [0.29, 0.717) is 16.7 Å². The van der Waals surface area contributed by atoms with E-state index in [2.05, 4.69) is 0 Å². The molecule has 10 atom stereocenters. The molecule has 0 amide bonds. The van der Waals surface area contributed by atoms with Gasteiger partial charge in [0.2, 0.25) is 6.29 Å². The van der Waals surface area contributed by atoms with Gasteiger partial charge < -0.3 is 54.7 Å². The van der Waals surface area contributed by atoms with Crippen LogP contribution in [0.15, 0.2) is 48.6 Å². The minimum Gasteiger partial charge on any atom is -0.508 e. The van der Waals surface area contributed by atoms with Crippen LogP contribution in [0.3, 0.4) is 0 Å². The minimum atomic E-state index is -1.63. The lowest BCUT2D eigenvalue weighted by molar-refractivity contribution is -0.347. The first-order valence-corrected chi connectivity index (χ1v) is 15.2. The van der Waals surface area contributed by atoms with Crippen LogP contribution in [0.5, 0.6) is 11.5 Å². The van der Waals surface area contributed by atoms with Gasteiger partial charge >= 0.3 is 0 Å². The van der Waals surface area contributed by atoms with Crippen molar-refractivity contribution in [2.45, 2.75) is 82.5 Å². The van der Waals surface area contributed by atoms with Crippen LogP contribution in [0.2, 0.25) is 0 Å². The quantitative estimate of drug-likeness (QED) is 0.123. The predicted octanol–water partition coefficient (Wildman–Crippen LogP) is 0.542. The number of hydrogen-bond donors (Lipinski definition) is 7. The van der Waals surface area contributed by atoms with Gasteiger partial charge in [0.25, 0.3) is 0 Å². The zero-order valence-corrected chi connectivity index (χ0v) is 26.2. The number of aryl methyl sites for hydroxylation is 2. The molecule has 4 rings (SSSR count). The third-order valence-electron chi connectivity index (χ3n) is 8.27. The normalized spacial score (nSPS) is 31.3. The number of carbonyl (C=O) groups is 2. The van der Waals surface area contributed by atoms with E-state index in [1.165, 1.54) is 25.1 Å². The van der Waals surface area contributed by atoms with Crippen LogP contribution in [0.1, 0.15) is 35.6 Å². The molecule has 2 saturated heterocycles. The van der Waals surface area contributed by atoms with E-state index in [1.54, 1.807) is 56.3 Å². The van der Waals surface area contributed by atoms with Crippen LogP contribution in [-0.2, 0) is 23.8 Å². The molecule has 256 valence electrons. The number of ether oxygens (including phenoxy) is 4. The standard InChI is InChI=1S/C34H42O13/c1-17-12-20(6-10-24(17)39)4-8-22(37)14-23(38)9-5-21-7-11-25(18(2)13-21)44-34-31(43)32(30(42)27(16-36)46-34)47-33-29(41)19(3)28(40)26(15-35)45-33/h4-13,19,26-36,39-43H,14-16H2,1-3H3/b8-4+,9-5+/t19-,26+,27+,28-,29+,30+,31+,32-,33-,34+/m0/s1. The van der Waals surface area contributed by atoms with Crippen LogP contribution in [0, 0.1) is 19.8 Å². The first-order valence-electron chi connectivity index (χ1n) is 15.2. The van der Waals surface area contributed by atoms with Crippen LogP contribution in [0.25, 0.3) is 12.2 Å². The fourth-order valence-electron chi connectivity index (χ4n) is 5.34. The number of hydrogen-bond acceptors (Lipinski definition) is 13. The number of benzene rings is 2. The molecule has 0 spiro atoms. The monoisotopic (exact) mass is 658 g/mol. The first-order chi connectivity index (χ1) is 22.3. The molecule has 13 nitrogen and oxygen atoms in total. The number of ketones is 2. The van der Waals surface area contributed by atoms with Gasteiger partial charge in [-0.05, 0) is 72.5 Å². The average Bonchev–Trinajstić information content (AvgIpc) is 3.04. The lowest BCUT2D eigenvalue weighted by Gasteiger charge is -2.46. The van der Waals surface area contributed by atoms with Crippen molar-refractivity contribution in [2.75, 3.05) is 13.2 Å². The third kappa shape index (κ3) is 8.90. The van der Waals surface area contributed by atoms with Crippen molar-refractivity contribution in [1.82, 2.24) is 0 Å².